The molecule has 1 aromatic carbocycles. The van der Waals surface area contributed by atoms with Gasteiger partial charge in [-0.05, 0) is 64.3 Å². The molecule has 1 aromatic heterocycles. The van der Waals surface area contributed by atoms with Crippen molar-refractivity contribution in [3.8, 4) is 0 Å². The summed E-state index contributed by atoms with van der Waals surface area (Å²) in [5.41, 5.74) is 2.44. The number of piperidine rings is 1. The third kappa shape index (κ3) is 3.60. The van der Waals surface area contributed by atoms with E-state index < -0.39 is 0 Å². The number of fused-ring (bicyclic) bond motifs is 1. The molecule has 0 N–H and O–H groups in total. The highest BCUT2D eigenvalue weighted by atomic mass is 15.2. The van der Waals surface area contributed by atoms with Crippen LogP contribution in [0.25, 0.3) is 11.0 Å². The quantitative estimate of drug-likeness (QED) is 0.787. The van der Waals surface area contributed by atoms with Crippen LogP contribution in [0.3, 0.4) is 0 Å². The second kappa shape index (κ2) is 7.04. The van der Waals surface area contributed by atoms with E-state index in [-0.39, 0.29) is 0 Å². The van der Waals surface area contributed by atoms with Gasteiger partial charge in [-0.3, -0.25) is 0 Å². The number of rotatable bonds is 5. The highest BCUT2D eigenvalue weighted by molar-refractivity contribution is 5.76. The lowest BCUT2D eigenvalue weighted by atomic mass is 9.96. The van der Waals surface area contributed by atoms with Crippen molar-refractivity contribution in [1.29, 1.82) is 0 Å². The van der Waals surface area contributed by atoms with Gasteiger partial charge in [0.1, 0.15) is 5.82 Å². The minimum atomic E-state index is 0.462. The fourth-order valence-electron chi connectivity index (χ4n) is 3.80. The molecule has 0 radical (unpaired) electrons. The number of hydrogen-bond acceptors (Lipinski definition) is 2. The number of likely N-dealkylation sites (tertiary alicyclic amines) is 1. The molecule has 0 aliphatic carbocycles. The molecule has 1 aliphatic heterocycles. The van der Waals surface area contributed by atoms with Crippen LogP contribution in [-0.4, -0.2) is 34.1 Å². The van der Waals surface area contributed by atoms with Crippen LogP contribution in [-0.2, 0) is 0 Å². The van der Waals surface area contributed by atoms with Gasteiger partial charge >= 0.3 is 0 Å². The number of benzene rings is 1. The normalized spacial score (nSPS) is 20.0. The molecule has 0 spiro atoms. The van der Waals surface area contributed by atoms with Crippen molar-refractivity contribution < 1.29 is 0 Å². The van der Waals surface area contributed by atoms with Gasteiger partial charge in [-0.2, -0.15) is 0 Å². The van der Waals surface area contributed by atoms with E-state index in [0.717, 1.165) is 11.4 Å². The van der Waals surface area contributed by atoms with Crippen LogP contribution in [0.2, 0.25) is 0 Å². The van der Waals surface area contributed by atoms with Crippen molar-refractivity contribution in [3.05, 3.63) is 30.1 Å². The summed E-state index contributed by atoms with van der Waals surface area (Å²) in [6.45, 7) is 12.8. The molecule has 1 unspecified atom stereocenters. The van der Waals surface area contributed by atoms with E-state index in [1.54, 1.807) is 0 Å². The van der Waals surface area contributed by atoms with Gasteiger partial charge in [0, 0.05) is 18.5 Å². The lowest BCUT2D eigenvalue weighted by molar-refractivity contribution is 0.192. The van der Waals surface area contributed by atoms with Crippen molar-refractivity contribution >= 4 is 11.0 Å². The zero-order chi connectivity index (χ0) is 16.4. The Bertz CT molecular complexity index is 641. The first kappa shape index (κ1) is 16.5. The molecule has 23 heavy (non-hydrogen) atoms. The molecule has 0 saturated carbocycles. The molecule has 1 saturated heterocycles. The van der Waals surface area contributed by atoms with E-state index in [9.17, 15) is 0 Å². The predicted molar refractivity (Wildman–Crippen MR) is 98.0 cm³/mol. The first-order chi connectivity index (χ1) is 11.1. The Morgan fingerprint density at radius 2 is 1.96 bits per heavy atom. The lowest BCUT2D eigenvalue weighted by Crippen LogP contribution is -2.36. The molecule has 2 aromatic rings. The van der Waals surface area contributed by atoms with Gasteiger partial charge in [0.25, 0.3) is 0 Å². The molecule has 1 aliphatic rings. The molecule has 1 atom stereocenters. The van der Waals surface area contributed by atoms with Crippen LogP contribution in [0, 0.1) is 5.92 Å². The SMILES string of the molecule is CC(C)CCN1CCCC(c2nc3ccccc3n2C(C)C)C1. The van der Waals surface area contributed by atoms with Crippen LogP contribution in [0.4, 0.5) is 0 Å². The fourth-order valence-corrected chi connectivity index (χ4v) is 3.80. The summed E-state index contributed by atoms with van der Waals surface area (Å²) in [5, 5.41) is 0. The van der Waals surface area contributed by atoms with Gasteiger partial charge in [-0.25, -0.2) is 4.98 Å². The van der Waals surface area contributed by atoms with Gasteiger partial charge in [0.05, 0.1) is 11.0 Å². The van der Waals surface area contributed by atoms with Crippen LogP contribution in [0.5, 0.6) is 0 Å². The third-order valence-corrected chi connectivity index (χ3v) is 5.03. The second-order valence-electron chi connectivity index (χ2n) is 7.74. The average Bonchev–Trinajstić information content (AvgIpc) is 2.93. The fraction of sp³-hybridized carbons (Fsp3) is 0.650. The lowest BCUT2D eigenvalue weighted by Gasteiger charge is -2.33. The maximum atomic E-state index is 5.02. The van der Waals surface area contributed by atoms with Crippen molar-refractivity contribution in [1.82, 2.24) is 14.5 Å². The van der Waals surface area contributed by atoms with E-state index in [4.69, 9.17) is 4.98 Å². The first-order valence-electron chi connectivity index (χ1n) is 9.25. The largest absolute Gasteiger partial charge is 0.325 e. The predicted octanol–water partition coefficient (Wildman–Crippen LogP) is 4.84. The van der Waals surface area contributed by atoms with E-state index in [1.165, 1.54) is 50.2 Å². The highest BCUT2D eigenvalue weighted by Gasteiger charge is 2.26. The minimum absolute atomic E-state index is 0.462. The van der Waals surface area contributed by atoms with Gasteiger partial charge in [-0.15, -0.1) is 0 Å². The van der Waals surface area contributed by atoms with E-state index in [2.05, 4.69) is 61.4 Å². The second-order valence-corrected chi connectivity index (χ2v) is 7.74. The molecular weight excluding hydrogens is 282 g/mol. The molecule has 0 amide bonds. The summed E-state index contributed by atoms with van der Waals surface area (Å²) in [5.74, 6) is 2.66. The minimum Gasteiger partial charge on any atom is -0.325 e. The van der Waals surface area contributed by atoms with Crippen molar-refractivity contribution in [3.63, 3.8) is 0 Å². The Morgan fingerprint density at radius 1 is 1.17 bits per heavy atom. The summed E-state index contributed by atoms with van der Waals surface area (Å²) >= 11 is 0. The topological polar surface area (TPSA) is 21.1 Å². The highest BCUT2D eigenvalue weighted by Crippen LogP contribution is 2.31. The van der Waals surface area contributed by atoms with Gasteiger partial charge in [0.2, 0.25) is 0 Å². The first-order valence-corrected chi connectivity index (χ1v) is 9.25. The molecule has 126 valence electrons. The van der Waals surface area contributed by atoms with Crippen molar-refractivity contribution in [2.45, 2.75) is 58.9 Å². The van der Waals surface area contributed by atoms with Crippen molar-refractivity contribution in [2.75, 3.05) is 19.6 Å². The third-order valence-electron chi connectivity index (χ3n) is 5.03. The summed E-state index contributed by atoms with van der Waals surface area (Å²) < 4.78 is 2.46. The van der Waals surface area contributed by atoms with Crippen LogP contribution in [0.1, 0.15) is 64.7 Å². The van der Waals surface area contributed by atoms with E-state index >= 15 is 0 Å². The summed E-state index contributed by atoms with van der Waals surface area (Å²) in [7, 11) is 0. The Kier molecular flexibility index (Phi) is 5.05. The summed E-state index contributed by atoms with van der Waals surface area (Å²) in [6.07, 6.45) is 3.87. The zero-order valence-corrected chi connectivity index (χ0v) is 15.1. The Morgan fingerprint density at radius 3 is 2.70 bits per heavy atom. The number of aromatic nitrogens is 2. The number of para-hydroxylation sites is 2. The van der Waals surface area contributed by atoms with E-state index in [0.29, 0.717) is 12.0 Å². The smallest absolute Gasteiger partial charge is 0.114 e. The standard InChI is InChI=1S/C20H31N3/c1-15(2)11-13-22-12-7-8-17(14-22)20-21-18-9-5-6-10-19(18)23(20)16(3)4/h5-6,9-10,15-17H,7-8,11-14H2,1-4H3. The number of imidazole rings is 1. The molecule has 3 rings (SSSR count). The van der Waals surface area contributed by atoms with Gasteiger partial charge in [0.15, 0.2) is 0 Å². The monoisotopic (exact) mass is 313 g/mol. The summed E-state index contributed by atoms with van der Waals surface area (Å²) in [4.78, 5) is 7.67. The maximum Gasteiger partial charge on any atom is 0.114 e. The van der Waals surface area contributed by atoms with E-state index in [1.807, 2.05) is 0 Å². The van der Waals surface area contributed by atoms with Gasteiger partial charge < -0.3 is 9.47 Å². The average molecular weight is 313 g/mol. The molecule has 3 heteroatoms. The summed E-state index contributed by atoms with van der Waals surface area (Å²) in [6, 6.07) is 9.05. The molecular formula is C20H31N3. The zero-order valence-electron chi connectivity index (χ0n) is 15.1. The van der Waals surface area contributed by atoms with Crippen LogP contribution in [0.15, 0.2) is 24.3 Å². The van der Waals surface area contributed by atoms with Gasteiger partial charge in [-0.1, -0.05) is 26.0 Å². The Labute approximate surface area is 140 Å². The molecule has 3 nitrogen and oxygen atoms in total. The molecule has 0 bridgehead atoms. The van der Waals surface area contributed by atoms with Crippen LogP contribution >= 0.6 is 0 Å². The number of nitrogens with zero attached hydrogens (tertiary/aromatic N) is 3. The van der Waals surface area contributed by atoms with Crippen LogP contribution < -0.4 is 0 Å². The number of hydrogen-bond donors (Lipinski definition) is 0. The Hall–Kier alpha value is -1.35. The molecule has 1 fully saturated rings. The van der Waals surface area contributed by atoms with Crippen molar-refractivity contribution in [2.24, 2.45) is 5.92 Å². The maximum absolute atomic E-state index is 5.02. The Balaban J connectivity index is 1.85. The molecule has 2 heterocycles.